The normalized spacial score (nSPS) is 12.1. The van der Waals surface area contributed by atoms with Crippen LogP contribution >= 0.6 is 0 Å². The van der Waals surface area contributed by atoms with Gasteiger partial charge < -0.3 is 10.7 Å². The van der Waals surface area contributed by atoms with Gasteiger partial charge in [0.25, 0.3) is 0 Å². The van der Waals surface area contributed by atoms with Gasteiger partial charge in [-0.3, -0.25) is 4.79 Å². The van der Waals surface area contributed by atoms with Crippen LogP contribution in [0.25, 0.3) is 0 Å². The fourth-order valence-electron chi connectivity index (χ4n) is 0.947. The molecule has 0 radical (unpaired) electrons. The maximum absolute atomic E-state index is 11.4. The molecule has 0 fully saturated rings. The van der Waals surface area contributed by atoms with Crippen molar-refractivity contribution in [1.82, 2.24) is 4.98 Å². The number of terminal acetylenes is 1. The molecule has 1 aromatic heterocycles. The first-order valence-electron chi connectivity index (χ1n) is 3.60. The van der Waals surface area contributed by atoms with E-state index in [9.17, 15) is 4.79 Å². The van der Waals surface area contributed by atoms with Crippen molar-refractivity contribution in [3.63, 3.8) is 0 Å². The van der Waals surface area contributed by atoms with Crippen LogP contribution < -0.4 is 11.2 Å². The summed E-state index contributed by atoms with van der Waals surface area (Å²) >= 11 is 0. The van der Waals surface area contributed by atoms with Gasteiger partial charge in [-0.05, 0) is 6.92 Å². The van der Waals surface area contributed by atoms with Crippen LogP contribution in [0.3, 0.4) is 0 Å². The minimum Gasteiger partial charge on any atom is -0.366 e. The molecular weight excluding hydrogens is 152 g/mol. The number of aromatic amines is 1. The SMILES string of the molecule is C#Cc1c[nH]cc(C(C)N)c1=O. The highest BCUT2D eigenvalue weighted by molar-refractivity contribution is 5.33. The number of nitrogens with two attached hydrogens (primary N) is 1. The van der Waals surface area contributed by atoms with Crippen LogP contribution in [0.15, 0.2) is 17.2 Å². The Morgan fingerprint density at radius 1 is 1.67 bits per heavy atom. The van der Waals surface area contributed by atoms with Crippen molar-refractivity contribution in [2.24, 2.45) is 5.73 Å². The lowest BCUT2D eigenvalue weighted by Crippen LogP contribution is -2.19. The highest BCUT2D eigenvalue weighted by atomic mass is 16.1. The summed E-state index contributed by atoms with van der Waals surface area (Å²) in [5.41, 5.74) is 6.23. The maximum Gasteiger partial charge on any atom is 0.201 e. The average molecular weight is 162 g/mol. The molecule has 3 nitrogen and oxygen atoms in total. The van der Waals surface area contributed by atoms with E-state index in [1.54, 1.807) is 13.1 Å². The second-order valence-corrected chi connectivity index (χ2v) is 2.59. The molecule has 0 aromatic carbocycles. The number of pyridine rings is 1. The fraction of sp³-hybridized carbons (Fsp3) is 0.222. The highest BCUT2D eigenvalue weighted by Gasteiger charge is 2.06. The van der Waals surface area contributed by atoms with Crippen LogP contribution in [0.1, 0.15) is 24.1 Å². The molecule has 3 heteroatoms. The third-order valence-corrected chi connectivity index (χ3v) is 1.62. The van der Waals surface area contributed by atoms with Crippen molar-refractivity contribution < 1.29 is 0 Å². The van der Waals surface area contributed by atoms with Crippen LogP contribution in [0.4, 0.5) is 0 Å². The molecule has 1 rings (SSSR count). The Morgan fingerprint density at radius 2 is 2.33 bits per heavy atom. The van der Waals surface area contributed by atoms with Crippen LogP contribution in [-0.2, 0) is 0 Å². The molecule has 12 heavy (non-hydrogen) atoms. The zero-order valence-corrected chi connectivity index (χ0v) is 6.79. The van der Waals surface area contributed by atoms with E-state index in [2.05, 4.69) is 10.9 Å². The lowest BCUT2D eigenvalue weighted by Gasteiger charge is -2.03. The molecule has 1 heterocycles. The second kappa shape index (κ2) is 3.24. The first-order valence-corrected chi connectivity index (χ1v) is 3.60. The van der Waals surface area contributed by atoms with E-state index in [1.807, 2.05) is 0 Å². The van der Waals surface area contributed by atoms with Gasteiger partial charge in [-0.1, -0.05) is 5.92 Å². The molecule has 0 saturated carbocycles. The Morgan fingerprint density at radius 3 is 2.83 bits per heavy atom. The first kappa shape index (κ1) is 8.57. The fourth-order valence-corrected chi connectivity index (χ4v) is 0.947. The van der Waals surface area contributed by atoms with Crippen LogP contribution in [0.2, 0.25) is 0 Å². The van der Waals surface area contributed by atoms with Gasteiger partial charge in [0.05, 0.1) is 5.56 Å². The van der Waals surface area contributed by atoms with E-state index in [0.717, 1.165) is 0 Å². The van der Waals surface area contributed by atoms with Crippen molar-refractivity contribution in [3.05, 3.63) is 33.7 Å². The number of hydrogen-bond acceptors (Lipinski definition) is 2. The van der Waals surface area contributed by atoms with Gasteiger partial charge in [0.1, 0.15) is 0 Å². The maximum atomic E-state index is 11.4. The van der Waals surface area contributed by atoms with Gasteiger partial charge in [-0.15, -0.1) is 6.42 Å². The van der Waals surface area contributed by atoms with E-state index < -0.39 is 0 Å². The lowest BCUT2D eigenvalue weighted by atomic mass is 10.1. The molecule has 0 saturated heterocycles. The predicted octanol–water partition coefficient (Wildman–Crippen LogP) is 0.376. The molecular formula is C9H10N2O. The van der Waals surface area contributed by atoms with E-state index in [4.69, 9.17) is 12.2 Å². The number of aromatic nitrogens is 1. The number of rotatable bonds is 1. The van der Waals surface area contributed by atoms with Gasteiger partial charge in [0.2, 0.25) is 5.43 Å². The van der Waals surface area contributed by atoms with Crippen molar-refractivity contribution >= 4 is 0 Å². The second-order valence-electron chi connectivity index (χ2n) is 2.59. The summed E-state index contributed by atoms with van der Waals surface area (Å²) in [6, 6.07) is -0.290. The monoisotopic (exact) mass is 162 g/mol. The van der Waals surface area contributed by atoms with Gasteiger partial charge in [-0.2, -0.15) is 0 Å². The molecule has 1 atom stereocenters. The molecule has 1 unspecified atom stereocenters. The zero-order chi connectivity index (χ0) is 9.14. The Balaban J connectivity index is 3.36. The van der Waals surface area contributed by atoms with E-state index >= 15 is 0 Å². The highest BCUT2D eigenvalue weighted by Crippen LogP contribution is 2.01. The van der Waals surface area contributed by atoms with Crippen LogP contribution in [0.5, 0.6) is 0 Å². The molecule has 0 bridgehead atoms. The van der Waals surface area contributed by atoms with Crippen molar-refractivity contribution in [2.75, 3.05) is 0 Å². The Bertz CT molecular complexity index is 371. The molecule has 0 amide bonds. The molecule has 0 spiro atoms. The predicted molar refractivity (Wildman–Crippen MR) is 47.6 cm³/mol. The smallest absolute Gasteiger partial charge is 0.201 e. The lowest BCUT2D eigenvalue weighted by molar-refractivity contribution is 0.802. The molecule has 0 aliphatic rings. The number of hydrogen-bond donors (Lipinski definition) is 2. The van der Waals surface area contributed by atoms with E-state index in [-0.39, 0.29) is 11.5 Å². The van der Waals surface area contributed by atoms with Crippen molar-refractivity contribution in [2.45, 2.75) is 13.0 Å². The Hall–Kier alpha value is -1.53. The van der Waals surface area contributed by atoms with Crippen molar-refractivity contribution in [3.8, 4) is 12.3 Å². The topological polar surface area (TPSA) is 58.9 Å². The average Bonchev–Trinajstić information content (AvgIpc) is 2.04. The van der Waals surface area contributed by atoms with Gasteiger partial charge in [0, 0.05) is 24.0 Å². The summed E-state index contributed by atoms with van der Waals surface area (Å²) in [5.74, 6) is 2.29. The third-order valence-electron chi connectivity index (χ3n) is 1.62. The van der Waals surface area contributed by atoms with E-state index in [0.29, 0.717) is 11.1 Å². The largest absolute Gasteiger partial charge is 0.366 e. The summed E-state index contributed by atoms with van der Waals surface area (Å²) in [4.78, 5) is 14.2. The molecule has 1 aromatic rings. The van der Waals surface area contributed by atoms with Crippen LogP contribution in [0, 0.1) is 12.3 Å². The zero-order valence-electron chi connectivity index (χ0n) is 6.79. The summed E-state index contributed by atoms with van der Waals surface area (Å²) in [5, 5.41) is 0. The van der Waals surface area contributed by atoms with E-state index in [1.165, 1.54) is 6.20 Å². The van der Waals surface area contributed by atoms with Gasteiger partial charge >= 0.3 is 0 Å². The molecule has 3 N–H and O–H groups in total. The third kappa shape index (κ3) is 1.39. The Labute approximate surface area is 70.6 Å². The molecule has 0 aliphatic carbocycles. The Kier molecular flexibility index (Phi) is 2.32. The molecule has 0 aliphatic heterocycles. The number of nitrogens with one attached hydrogen (secondary N) is 1. The quantitative estimate of drug-likeness (QED) is 0.586. The summed E-state index contributed by atoms with van der Waals surface area (Å²) < 4.78 is 0. The van der Waals surface area contributed by atoms with Crippen molar-refractivity contribution in [1.29, 1.82) is 0 Å². The standard InChI is InChI=1S/C9H10N2O/c1-3-7-4-11-5-8(6(2)10)9(7)12/h1,4-6H,10H2,2H3,(H,11,12). The van der Waals surface area contributed by atoms with Crippen LogP contribution in [-0.4, -0.2) is 4.98 Å². The van der Waals surface area contributed by atoms with Gasteiger partial charge in [-0.25, -0.2) is 0 Å². The molecule has 62 valence electrons. The first-order chi connectivity index (χ1) is 5.66. The number of H-pyrrole nitrogens is 1. The minimum atomic E-state index is -0.290. The minimum absolute atomic E-state index is 0.161. The summed E-state index contributed by atoms with van der Waals surface area (Å²) in [7, 11) is 0. The van der Waals surface area contributed by atoms with Gasteiger partial charge in [0.15, 0.2) is 0 Å². The summed E-state index contributed by atoms with van der Waals surface area (Å²) in [6.45, 7) is 1.74. The summed E-state index contributed by atoms with van der Waals surface area (Å²) in [6.07, 6.45) is 8.18.